The van der Waals surface area contributed by atoms with Crippen molar-refractivity contribution in [3.05, 3.63) is 64.7 Å². The molecule has 94 valence electrons. The third-order valence-electron chi connectivity index (χ3n) is 4.36. The molecule has 0 heterocycles. The Bertz CT molecular complexity index is 695. The number of hydrogen-bond acceptors (Lipinski definition) is 0. The summed E-state index contributed by atoms with van der Waals surface area (Å²) in [5.74, 6) is 0. The first-order valence-corrected chi connectivity index (χ1v) is 7.31. The molecular formula is C18H15Cl. The molecule has 19 heavy (non-hydrogen) atoms. The van der Waals surface area contributed by atoms with Crippen LogP contribution in [0.5, 0.6) is 0 Å². The Kier molecular flexibility index (Phi) is 2.53. The fourth-order valence-electron chi connectivity index (χ4n) is 3.45. The van der Waals surface area contributed by atoms with Crippen LogP contribution >= 0.6 is 11.6 Å². The van der Waals surface area contributed by atoms with Crippen molar-refractivity contribution in [3.8, 4) is 11.1 Å². The van der Waals surface area contributed by atoms with Gasteiger partial charge in [-0.2, -0.15) is 0 Å². The van der Waals surface area contributed by atoms with E-state index in [4.69, 9.17) is 11.6 Å². The van der Waals surface area contributed by atoms with Crippen molar-refractivity contribution in [1.29, 1.82) is 0 Å². The largest absolute Gasteiger partial charge is 0.0840 e. The van der Waals surface area contributed by atoms with Crippen molar-refractivity contribution in [2.75, 3.05) is 0 Å². The van der Waals surface area contributed by atoms with Gasteiger partial charge in [-0.3, -0.25) is 0 Å². The minimum absolute atomic E-state index is 0.933. The summed E-state index contributed by atoms with van der Waals surface area (Å²) in [5.41, 5.74) is 8.59. The maximum absolute atomic E-state index is 6.35. The van der Waals surface area contributed by atoms with Crippen LogP contribution in [0.3, 0.4) is 0 Å². The smallest absolute Gasteiger partial charge is 0.0441 e. The summed E-state index contributed by atoms with van der Waals surface area (Å²) in [5, 5.41) is 0.933. The predicted octanol–water partition coefficient (Wildman–Crippen LogP) is 4.98. The highest BCUT2D eigenvalue weighted by atomic mass is 35.5. The van der Waals surface area contributed by atoms with E-state index in [0.29, 0.717) is 0 Å². The molecule has 0 saturated carbocycles. The molecule has 0 fully saturated rings. The first-order chi connectivity index (χ1) is 9.34. The van der Waals surface area contributed by atoms with Gasteiger partial charge < -0.3 is 0 Å². The monoisotopic (exact) mass is 266 g/mol. The van der Waals surface area contributed by atoms with E-state index in [1.54, 1.807) is 0 Å². The molecule has 0 N–H and O–H groups in total. The molecule has 0 saturated heterocycles. The third kappa shape index (κ3) is 1.67. The Balaban J connectivity index is 1.98. The maximum atomic E-state index is 6.35. The number of halogens is 1. The van der Waals surface area contributed by atoms with E-state index in [-0.39, 0.29) is 0 Å². The molecule has 2 aromatic rings. The van der Waals surface area contributed by atoms with Gasteiger partial charge in [0.05, 0.1) is 0 Å². The quantitative estimate of drug-likeness (QED) is 0.631. The van der Waals surface area contributed by atoms with E-state index in [1.807, 2.05) is 0 Å². The van der Waals surface area contributed by atoms with Gasteiger partial charge in [-0.1, -0.05) is 54.1 Å². The third-order valence-corrected chi connectivity index (χ3v) is 4.72. The summed E-state index contributed by atoms with van der Waals surface area (Å²) in [6, 6.07) is 13.2. The summed E-state index contributed by atoms with van der Waals surface area (Å²) in [6.07, 6.45) is 6.66. The summed E-state index contributed by atoms with van der Waals surface area (Å²) in [6.45, 7) is 0. The summed E-state index contributed by atoms with van der Waals surface area (Å²) in [4.78, 5) is 0. The average molecular weight is 267 g/mol. The number of benzene rings is 2. The topological polar surface area (TPSA) is 0 Å². The predicted molar refractivity (Wildman–Crippen MR) is 81.4 cm³/mol. The number of aryl methyl sites for hydroxylation is 1. The zero-order chi connectivity index (χ0) is 12.8. The second kappa shape index (κ2) is 4.25. The minimum atomic E-state index is 0.933. The van der Waals surface area contributed by atoms with Crippen LogP contribution in [0.15, 0.2) is 42.5 Å². The average Bonchev–Trinajstić information content (AvgIpc) is 2.47. The van der Waals surface area contributed by atoms with E-state index < -0.39 is 0 Å². The lowest BCUT2D eigenvalue weighted by atomic mass is 9.79. The molecule has 2 aliphatic carbocycles. The molecule has 0 bridgehead atoms. The lowest BCUT2D eigenvalue weighted by Gasteiger charge is -2.26. The Morgan fingerprint density at radius 2 is 1.53 bits per heavy atom. The van der Waals surface area contributed by atoms with Gasteiger partial charge >= 0.3 is 0 Å². The number of hydrogen-bond donors (Lipinski definition) is 0. The molecule has 0 aliphatic heterocycles. The zero-order valence-corrected chi connectivity index (χ0v) is 11.5. The second-order valence-electron chi connectivity index (χ2n) is 5.37. The molecule has 0 amide bonds. The highest BCUT2D eigenvalue weighted by molar-refractivity contribution is 6.49. The number of fused-ring (bicyclic) bond motifs is 5. The molecule has 0 nitrogen and oxygen atoms in total. The van der Waals surface area contributed by atoms with E-state index in [2.05, 4.69) is 42.5 Å². The van der Waals surface area contributed by atoms with Crippen LogP contribution in [0.2, 0.25) is 0 Å². The van der Waals surface area contributed by atoms with Crippen molar-refractivity contribution >= 4 is 16.6 Å². The second-order valence-corrected chi connectivity index (χ2v) is 5.77. The highest BCUT2D eigenvalue weighted by Crippen LogP contribution is 2.40. The van der Waals surface area contributed by atoms with E-state index in [9.17, 15) is 0 Å². The molecule has 0 spiro atoms. The normalized spacial score (nSPS) is 16.2. The molecule has 1 heteroatoms. The summed E-state index contributed by atoms with van der Waals surface area (Å²) < 4.78 is 0. The summed E-state index contributed by atoms with van der Waals surface area (Å²) in [7, 11) is 0. The Morgan fingerprint density at radius 1 is 0.737 bits per heavy atom. The van der Waals surface area contributed by atoms with Crippen LogP contribution in [0, 0.1) is 0 Å². The molecule has 0 aromatic heterocycles. The molecule has 0 atom stereocenters. The Hall–Kier alpha value is -1.53. The van der Waals surface area contributed by atoms with Crippen molar-refractivity contribution in [1.82, 2.24) is 0 Å². The lowest BCUT2D eigenvalue weighted by Crippen LogP contribution is -2.10. The molecule has 2 aliphatic rings. The molecule has 4 rings (SSSR count). The standard InChI is InChI=1S/C18H15Cl/c19-18-7-3-6-14-16-9-8-12-4-1-2-5-13(12)15(16)10-11-17(14)18/h1-2,4-5,7,10-11H,3,6,8-9H2. The Morgan fingerprint density at radius 3 is 2.47 bits per heavy atom. The van der Waals surface area contributed by atoms with Gasteiger partial charge in [-0.15, -0.1) is 0 Å². The molecular weight excluding hydrogens is 252 g/mol. The number of rotatable bonds is 0. The van der Waals surface area contributed by atoms with Gasteiger partial charge in [0.1, 0.15) is 0 Å². The van der Waals surface area contributed by atoms with Crippen LogP contribution in [-0.4, -0.2) is 0 Å². The first kappa shape index (κ1) is 11.3. The molecule has 0 unspecified atom stereocenters. The van der Waals surface area contributed by atoms with Gasteiger partial charge in [0, 0.05) is 5.03 Å². The fraction of sp³-hybridized carbons (Fsp3) is 0.222. The van der Waals surface area contributed by atoms with E-state index >= 15 is 0 Å². The van der Waals surface area contributed by atoms with Gasteiger partial charge in [0.15, 0.2) is 0 Å². The van der Waals surface area contributed by atoms with Crippen LogP contribution in [0.4, 0.5) is 0 Å². The van der Waals surface area contributed by atoms with Gasteiger partial charge in [-0.25, -0.2) is 0 Å². The van der Waals surface area contributed by atoms with Crippen LogP contribution in [0.25, 0.3) is 16.2 Å². The summed E-state index contributed by atoms with van der Waals surface area (Å²) >= 11 is 6.35. The molecule has 0 radical (unpaired) electrons. The lowest BCUT2D eigenvalue weighted by molar-refractivity contribution is 0.886. The SMILES string of the molecule is ClC1=CCCc2c1ccc1c2CCc2ccccc2-1. The van der Waals surface area contributed by atoms with Crippen molar-refractivity contribution < 1.29 is 0 Å². The van der Waals surface area contributed by atoms with Crippen LogP contribution in [-0.2, 0) is 19.3 Å². The van der Waals surface area contributed by atoms with Gasteiger partial charge in [0.25, 0.3) is 0 Å². The van der Waals surface area contributed by atoms with E-state index in [0.717, 1.165) is 30.7 Å². The minimum Gasteiger partial charge on any atom is -0.0840 e. The number of allylic oxidation sites excluding steroid dienone is 1. The van der Waals surface area contributed by atoms with Crippen LogP contribution in [0.1, 0.15) is 28.7 Å². The van der Waals surface area contributed by atoms with Gasteiger partial charge in [0.2, 0.25) is 0 Å². The van der Waals surface area contributed by atoms with Crippen molar-refractivity contribution in [2.45, 2.75) is 25.7 Å². The van der Waals surface area contributed by atoms with Crippen molar-refractivity contribution in [3.63, 3.8) is 0 Å². The fourth-order valence-corrected chi connectivity index (χ4v) is 3.74. The molecule has 2 aromatic carbocycles. The maximum Gasteiger partial charge on any atom is 0.0441 e. The Labute approximate surface area is 118 Å². The zero-order valence-electron chi connectivity index (χ0n) is 10.7. The highest BCUT2D eigenvalue weighted by Gasteiger charge is 2.22. The first-order valence-electron chi connectivity index (χ1n) is 6.93. The van der Waals surface area contributed by atoms with Gasteiger partial charge in [-0.05, 0) is 59.1 Å². The van der Waals surface area contributed by atoms with E-state index in [1.165, 1.54) is 33.4 Å². The van der Waals surface area contributed by atoms with Crippen LogP contribution < -0.4 is 0 Å². The van der Waals surface area contributed by atoms with Crippen molar-refractivity contribution in [2.24, 2.45) is 0 Å².